The first-order valence-electron chi connectivity index (χ1n) is 9.00. The molecule has 0 aliphatic rings. The quantitative estimate of drug-likeness (QED) is 0.255. The first kappa shape index (κ1) is 24.2. The van der Waals surface area contributed by atoms with Crippen molar-refractivity contribution in [2.45, 2.75) is 26.7 Å². The number of nitrogens with zero attached hydrogens (tertiary/aromatic N) is 2. The fourth-order valence-corrected chi connectivity index (χ4v) is 3.13. The van der Waals surface area contributed by atoms with Gasteiger partial charge in [0.1, 0.15) is 5.75 Å². The normalized spacial score (nSPS) is 10.9. The van der Waals surface area contributed by atoms with Gasteiger partial charge in [0.25, 0.3) is 5.91 Å². The molecule has 4 N–H and O–H groups in total. The fourth-order valence-electron chi connectivity index (χ4n) is 2.35. The molecule has 0 unspecified atom stereocenters. The summed E-state index contributed by atoms with van der Waals surface area (Å²) >= 11 is 1.72. The monoisotopic (exact) mass is 517 g/mol. The minimum absolute atomic E-state index is 0. The number of aromatic nitrogens is 1. The van der Waals surface area contributed by atoms with Crippen LogP contribution in [-0.2, 0) is 17.6 Å². The van der Waals surface area contributed by atoms with Crippen molar-refractivity contribution < 1.29 is 9.53 Å². The SMILES string of the molecule is CCNC(=NCCc1ncc(C)s1)NCCc1ccc(OCC(N)=O)cc1.I. The number of hydrogen-bond donors (Lipinski definition) is 3. The van der Waals surface area contributed by atoms with Crippen LogP contribution in [0, 0.1) is 6.92 Å². The fraction of sp³-hybridized carbons (Fsp3) is 0.421. The topological polar surface area (TPSA) is 102 Å². The number of primary amides is 1. The zero-order valence-electron chi connectivity index (χ0n) is 16.2. The number of carbonyl (C=O) groups is 1. The summed E-state index contributed by atoms with van der Waals surface area (Å²) in [5.74, 6) is 0.966. The van der Waals surface area contributed by atoms with E-state index in [1.807, 2.05) is 37.4 Å². The Bertz CT molecular complexity index is 749. The van der Waals surface area contributed by atoms with Crippen molar-refractivity contribution in [1.82, 2.24) is 15.6 Å². The maximum Gasteiger partial charge on any atom is 0.255 e. The molecule has 0 spiro atoms. The average molecular weight is 517 g/mol. The Morgan fingerprint density at radius 2 is 2.00 bits per heavy atom. The number of guanidine groups is 1. The van der Waals surface area contributed by atoms with E-state index in [0.717, 1.165) is 36.9 Å². The van der Waals surface area contributed by atoms with Crippen molar-refractivity contribution in [3.8, 4) is 5.75 Å². The third-order valence-corrected chi connectivity index (χ3v) is 4.59. The van der Waals surface area contributed by atoms with Crippen LogP contribution in [0.3, 0.4) is 0 Å². The molecule has 0 radical (unpaired) electrons. The third kappa shape index (κ3) is 9.36. The van der Waals surface area contributed by atoms with E-state index in [1.54, 1.807) is 11.3 Å². The maximum absolute atomic E-state index is 10.7. The smallest absolute Gasteiger partial charge is 0.255 e. The van der Waals surface area contributed by atoms with Gasteiger partial charge in [-0.2, -0.15) is 0 Å². The molecule has 9 heteroatoms. The highest BCUT2D eigenvalue weighted by atomic mass is 127. The van der Waals surface area contributed by atoms with Crippen molar-refractivity contribution in [3.63, 3.8) is 0 Å². The van der Waals surface area contributed by atoms with Crippen molar-refractivity contribution in [2.24, 2.45) is 10.7 Å². The molecular weight excluding hydrogens is 489 g/mol. The number of amides is 1. The molecule has 0 saturated heterocycles. The van der Waals surface area contributed by atoms with Crippen molar-refractivity contribution in [1.29, 1.82) is 0 Å². The molecule has 1 aromatic carbocycles. The predicted octanol–water partition coefficient (Wildman–Crippen LogP) is 2.27. The van der Waals surface area contributed by atoms with Crippen LogP contribution in [0.4, 0.5) is 0 Å². The first-order chi connectivity index (χ1) is 13.1. The van der Waals surface area contributed by atoms with Crippen LogP contribution in [0.5, 0.6) is 5.75 Å². The van der Waals surface area contributed by atoms with Crippen LogP contribution in [-0.4, -0.2) is 43.1 Å². The summed E-state index contributed by atoms with van der Waals surface area (Å²) in [7, 11) is 0. The van der Waals surface area contributed by atoms with Gasteiger partial charge in [0.05, 0.1) is 5.01 Å². The summed E-state index contributed by atoms with van der Waals surface area (Å²) in [4.78, 5) is 20.9. The van der Waals surface area contributed by atoms with Crippen molar-refractivity contribution in [2.75, 3.05) is 26.2 Å². The summed E-state index contributed by atoms with van der Waals surface area (Å²) in [5, 5.41) is 7.72. The number of benzene rings is 1. The van der Waals surface area contributed by atoms with E-state index >= 15 is 0 Å². The molecule has 0 saturated carbocycles. The number of aryl methyl sites for hydroxylation is 1. The molecule has 1 amide bonds. The molecule has 28 heavy (non-hydrogen) atoms. The van der Waals surface area contributed by atoms with Crippen LogP contribution in [0.15, 0.2) is 35.5 Å². The molecule has 0 fully saturated rings. The van der Waals surface area contributed by atoms with Crippen LogP contribution in [0.1, 0.15) is 22.4 Å². The number of ether oxygens (including phenoxy) is 1. The lowest BCUT2D eigenvalue weighted by molar-refractivity contribution is -0.119. The highest BCUT2D eigenvalue weighted by molar-refractivity contribution is 14.0. The highest BCUT2D eigenvalue weighted by Gasteiger charge is 2.02. The maximum atomic E-state index is 10.7. The van der Waals surface area contributed by atoms with Gasteiger partial charge in [0, 0.05) is 37.1 Å². The molecule has 0 aliphatic carbocycles. The van der Waals surface area contributed by atoms with Gasteiger partial charge in [0.2, 0.25) is 0 Å². The van der Waals surface area contributed by atoms with E-state index < -0.39 is 5.91 Å². The second-order valence-electron chi connectivity index (χ2n) is 5.95. The Morgan fingerprint density at radius 3 is 2.61 bits per heavy atom. The Balaban J connectivity index is 0.00000392. The zero-order chi connectivity index (χ0) is 19.5. The first-order valence-corrected chi connectivity index (χ1v) is 9.82. The number of hydrogen-bond acceptors (Lipinski definition) is 5. The van der Waals surface area contributed by atoms with E-state index in [0.29, 0.717) is 12.3 Å². The molecule has 2 rings (SSSR count). The number of halogens is 1. The minimum Gasteiger partial charge on any atom is -0.484 e. The summed E-state index contributed by atoms with van der Waals surface area (Å²) < 4.78 is 5.26. The standard InChI is InChI=1S/C19H27N5O2S.HI/c1-3-21-19(23-11-9-18-24-12-14(2)27-18)22-10-8-15-4-6-16(7-5-15)26-13-17(20)25;/h4-7,12H,3,8-11,13H2,1-2H3,(H2,20,25)(H2,21,22,23);1H. The van der Waals surface area contributed by atoms with E-state index in [9.17, 15) is 4.79 Å². The third-order valence-electron chi connectivity index (χ3n) is 3.62. The lowest BCUT2D eigenvalue weighted by atomic mass is 10.1. The Hall–Kier alpha value is -1.88. The average Bonchev–Trinajstić information content (AvgIpc) is 3.06. The minimum atomic E-state index is -0.483. The Labute approximate surface area is 187 Å². The van der Waals surface area contributed by atoms with E-state index in [4.69, 9.17) is 10.5 Å². The lowest BCUT2D eigenvalue weighted by Gasteiger charge is -2.11. The van der Waals surface area contributed by atoms with Crippen LogP contribution < -0.4 is 21.1 Å². The molecule has 154 valence electrons. The Kier molecular flexibility index (Phi) is 11.5. The summed E-state index contributed by atoms with van der Waals surface area (Å²) in [6.07, 6.45) is 3.60. The van der Waals surface area contributed by atoms with Crippen molar-refractivity contribution in [3.05, 3.63) is 45.9 Å². The van der Waals surface area contributed by atoms with E-state index in [-0.39, 0.29) is 30.6 Å². The summed E-state index contributed by atoms with van der Waals surface area (Å²) in [6, 6.07) is 7.64. The predicted molar refractivity (Wildman–Crippen MR) is 125 cm³/mol. The van der Waals surface area contributed by atoms with E-state index in [2.05, 4.69) is 27.5 Å². The van der Waals surface area contributed by atoms with Gasteiger partial charge in [-0.05, 0) is 38.0 Å². The molecular formula is C19H28IN5O2S. The van der Waals surface area contributed by atoms with Gasteiger partial charge in [-0.15, -0.1) is 35.3 Å². The zero-order valence-corrected chi connectivity index (χ0v) is 19.4. The second-order valence-corrected chi connectivity index (χ2v) is 7.27. The van der Waals surface area contributed by atoms with Crippen LogP contribution in [0.25, 0.3) is 0 Å². The van der Waals surface area contributed by atoms with Crippen molar-refractivity contribution >= 4 is 47.2 Å². The number of nitrogens with one attached hydrogen (secondary N) is 2. The largest absolute Gasteiger partial charge is 0.484 e. The molecule has 0 atom stereocenters. The van der Waals surface area contributed by atoms with E-state index in [1.165, 1.54) is 10.4 Å². The van der Waals surface area contributed by atoms with Crippen LogP contribution in [0.2, 0.25) is 0 Å². The molecule has 0 aliphatic heterocycles. The molecule has 7 nitrogen and oxygen atoms in total. The lowest BCUT2D eigenvalue weighted by Crippen LogP contribution is -2.38. The number of thiazole rings is 1. The van der Waals surface area contributed by atoms with Gasteiger partial charge in [0.15, 0.2) is 12.6 Å². The number of carbonyl (C=O) groups excluding carboxylic acids is 1. The molecule has 1 heterocycles. The van der Waals surface area contributed by atoms with Gasteiger partial charge in [-0.1, -0.05) is 12.1 Å². The highest BCUT2D eigenvalue weighted by Crippen LogP contribution is 2.12. The van der Waals surface area contributed by atoms with Crippen LogP contribution >= 0.6 is 35.3 Å². The van der Waals surface area contributed by atoms with Gasteiger partial charge < -0.3 is 21.1 Å². The Morgan fingerprint density at radius 1 is 1.25 bits per heavy atom. The van der Waals surface area contributed by atoms with Gasteiger partial charge >= 0.3 is 0 Å². The van der Waals surface area contributed by atoms with Gasteiger partial charge in [-0.25, -0.2) is 4.98 Å². The second kappa shape index (κ2) is 13.3. The summed E-state index contributed by atoms with van der Waals surface area (Å²) in [5.41, 5.74) is 6.23. The molecule has 1 aromatic heterocycles. The summed E-state index contributed by atoms with van der Waals surface area (Å²) in [6.45, 7) is 6.29. The molecule has 0 bridgehead atoms. The number of aliphatic imine (C=N–C) groups is 1. The van der Waals surface area contributed by atoms with Gasteiger partial charge in [-0.3, -0.25) is 9.79 Å². The molecule has 2 aromatic rings. The number of rotatable bonds is 10. The number of nitrogens with two attached hydrogens (primary N) is 1.